The summed E-state index contributed by atoms with van der Waals surface area (Å²) in [4.78, 5) is 63.3. The van der Waals surface area contributed by atoms with Crippen LogP contribution < -0.4 is 30.7 Å². The first-order valence-electron chi connectivity index (χ1n) is 20.5. The highest BCUT2D eigenvalue weighted by atomic mass is 35.5. The summed E-state index contributed by atoms with van der Waals surface area (Å²) in [6.45, 7) is 0.113. The molecule has 2 aliphatic rings. The van der Waals surface area contributed by atoms with Gasteiger partial charge < -0.3 is 20.1 Å². The lowest BCUT2D eigenvalue weighted by molar-refractivity contribution is -0.173. The van der Waals surface area contributed by atoms with Crippen LogP contribution in [-0.2, 0) is 50.1 Å². The second kappa shape index (κ2) is 19.5. The van der Waals surface area contributed by atoms with E-state index < -0.39 is 114 Å². The monoisotopic (exact) mass is 1050 g/mol. The van der Waals surface area contributed by atoms with Gasteiger partial charge in [0.1, 0.15) is 11.6 Å². The summed E-state index contributed by atoms with van der Waals surface area (Å²) in [5.41, 5.74) is -7.62. The molecule has 2 aliphatic heterocycles. The van der Waals surface area contributed by atoms with Gasteiger partial charge in [0.25, 0.3) is 23.0 Å². The molecular formula is C44H35ClF4N6O10S4. The summed E-state index contributed by atoms with van der Waals surface area (Å²) >= 11 is 6.88. The normalized spacial score (nSPS) is 18.2. The number of amides is 4. The van der Waals surface area contributed by atoms with Crippen molar-refractivity contribution >= 4 is 87.8 Å². The molecule has 4 atom stereocenters. The van der Waals surface area contributed by atoms with Gasteiger partial charge in [-0.05, 0) is 73.5 Å². The van der Waals surface area contributed by atoms with Crippen molar-refractivity contribution < 1.29 is 63.0 Å². The Bertz CT molecular complexity index is 3180. The van der Waals surface area contributed by atoms with Gasteiger partial charge in [-0.3, -0.25) is 29.8 Å². The lowest BCUT2D eigenvalue weighted by atomic mass is 9.71. The highest BCUT2D eigenvalue weighted by molar-refractivity contribution is 7.92. The first kappa shape index (κ1) is 49.0. The van der Waals surface area contributed by atoms with E-state index in [-0.39, 0.29) is 59.3 Å². The number of aromatic nitrogens is 2. The molecule has 4 aromatic carbocycles. The minimum atomic E-state index is -4.32. The molecule has 360 valence electrons. The topological polar surface area (TPSA) is 229 Å². The lowest BCUT2D eigenvalue weighted by Crippen LogP contribution is -2.67. The molecule has 0 bridgehead atoms. The first-order valence-corrected chi connectivity index (χ1v) is 25.6. The summed E-state index contributed by atoms with van der Waals surface area (Å²) in [5.74, 6) is -7.80. The number of sulfone groups is 2. The third-order valence-electron chi connectivity index (χ3n) is 11.2. The largest absolute Gasteiger partial charge is 0.467 e. The predicted octanol–water partition coefficient (Wildman–Crippen LogP) is 6.44. The van der Waals surface area contributed by atoms with Gasteiger partial charge in [-0.2, -0.15) is 8.78 Å². The van der Waals surface area contributed by atoms with Gasteiger partial charge in [0.15, 0.2) is 51.8 Å². The van der Waals surface area contributed by atoms with Gasteiger partial charge in [0.2, 0.25) is 11.8 Å². The van der Waals surface area contributed by atoms with Crippen LogP contribution in [-0.4, -0.2) is 74.0 Å². The van der Waals surface area contributed by atoms with Crippen LogP contribution in [0.15, 0.2) is 113 Å². The van der Waals surface area contributed by atoms with Gasteiger partial charge >= 0.3 is 0 Å². The van der Waals surface area contributed by atoms with Gasteiger partial charge in [-0.25, -0.2) is 35.6 Å². The number of rotatable bonds is 15. The zero-order valence-electron chi connectivity index (χ0n) is 35.2. The molecule has 0 radical (unpaired) electrons. The number of hydrogen-bond donors (Lipinski definition) is 4. The third kappa shape index (κ3) is 9.75. The van der Waals surface area contributed by atoms with Crippen molar-refractivity contribution in [1.29, 1.82) is 0 Å². The number of ether oxygens (including phenoxy) is 2. The van der Waals surface area contributed by atoms with Gasteiger partial charge in [-0.1, -0.05) is 58.5 Å². The second-order valence-electron chi connectivity index (χ2n) is 15.5. The SMILES string of the molecule is O=C1CC(S(=O)(=O)c2ccc(C(Oc3ccc(Cl)cc3)(C(=O)Nc3ncc(F)s3)C(Oc3ccc(F)cc3F)(C(=O)Nc3ncc(F)s3)c3ccc(S(=O)(=O)C4CCNC(=O)C4)cc3)cc2)CCN1. The number of anilines is 2. The third-order valence-corrected chi connectivity index (χ3v) is 17.3. The van der Waals surface area contributed by atoms with Crippen LogP contribution in [0.3, 0.4) is 0 Å². The molecule has 25 heteroatoms. The van der Waals surface area contributed by atoms with Crippen LogP contribution in [0.2, 0.25) is 5.02 Å². The Hall–Kier alpha value is -6.47. The van der Waals surface area contributed by atoms with E-state index >= 15 is 14.0 Å². The van der Waals surface area contributed by atoms with E-state index in [2.05, 4.69) is 31.2 Å². The molecule has 4 heterocycles. The highest BCUT2D eigenvalue weighted by Crippen LogP contribution is 2.50. The average Bonchev–Trinajstić information content (AvgIpc) is 3.94. The number of carbonyl (C=O) groups excluding carboxylic acids is 4. The van der Waals surface area contributed by atoms with E-state index in [1.54, 1.807) is 0 Å². The van der Waals surface area contributed by atoms with E-state index in [0.29, 0.717) is 28.7 Å². The Morgan fingerprint density at radius 2 is 1.10 bits per heavy atom. The van der Waals surface area contributed by atoms with Crippen molar-refractivity contribution in [2.45, 2.75) is 57.2 Å². The highest BCUT2D eigenvalue weighted by Gasteiger charge is 2.69. The van der Waals surface area contributed by atoms with Crippen LogP contribution >= 0.6 is 34.3 Å². The molecule has 2 aromatic heterocycles. The number of halogens is 5. The number of carbonyl (C=O) groups is 4. The minimum Gasteiger partial charge on any atom is -0.467 e. The molecule has 4 amide bonds. The van der Waals surface area contributed by atoms with Crippen LogP contribution in [0, 0.1) is 21.9 Å². The minimum absolute atomic E-state index is 0.0364. The molecule has 0 saturated carbocycles. The standard InChI is InChI=1S/C44H35ClF4N6O10S4/c45-26-5-8-28(9-6-26)64-43(39(58)54-41-52-22-35(48)66-41,24-1-10-29(11-2-24)68(60,61)31-15-17-50-37(56)20-31)44(40(59)55-42-53-23-36(49)67-42,65-34-14-7-27(46)19-33(34)47)25-3-12-30(13-4-25)69(62,63)32-16-18-51-38(57)21-32/h1-14,19,22-23,31-32H,15-18,20-21H2,(H,50,56)(H,51,57)(H,52,54,58)(H,53,55,59). The Morgan fingerprint density at radius 3 is 1.51 bits per heavy atom. The van der Waals surface area contributed by atoms with E-state index in [4.69, 9.17) is 21.1 Å². The molecule has 0 aliphatic carbocycles. The molecule has 4 N–H and O–H groups in total. The van der Waals surface area contributed by atoms with Crippen molar-refractivity contribution in [2.75, 3.05) is 23.7 Å². The molecule has 6 aromatic rings. The predicted molar refractivity (Wildman–Crippen MR) is 243 cm³/mol. The molecular weight excluding hydrogens is 1010 g/mol. The lowest BCUT2D eigenvalue weighted by Gasteiger charge is -2.47. The Balaban J connectivity index is 1.46. The summed E-state index contributed by atoms with van der Waals surface area (Å²) in [5, 5.41) is 4.99. The van der Waals surface area contributed by atoms with Gasteiger partial charge in [-0.15, -0.1) is 0 Å². The maximum absolute atomic E-state index is 16.3. The van der Waals surface area contributed by atoms with E-state index in [9.17, 15) is 39.6 Å². The molecule has 4 unspecified atom stereocenters. The number of thiazole rings is 2. The van der Waals surface area contributed by atoms with Gasteiger partial charge in [0, 0.05) is 48.1 Å². The fourth-order valence-corrected chi connectivity index (χ4v) is 12.5. The van der Waals surface area contributed by atoms with Crippen molar-refractivity contribution in [1.82, 2.24) is 20.6 Å². The second-order valence-corrected chi connectivity index (χ2v) is 22.4. The fourth-order valence-electron chi connectivity index (χ4n) is 7.92. The van der Waals surface area contributed by atoms with E-state index in [1.165, 1.54) is 24.3 Å². The molecule has 69 heavy (non-hydrogen) atoms. The molecule has 2 saturated heterocycles. The number of hydrogen-bond acceptors (Lipinski definition) is 14. The Morgan fingerprint density at radius 1 is 0.652 bits per heavy atom. The summed E-state index contributed by atoms with van der Waals surface area (Å²) in [6, 6.07) is 15.3. The Labute approximate surface area is 403 Å². The van der Waals surface area contributed by atoms with Crippen LogP contribution in [0.1, 0.15) is 36.8 Å². The van der Waals surface area contributed by atoms with Gasteiger partial charge in [0.05, 0.1) is 32.7 Å². The number of nitrogens with one attached hydrogen (secondary N) is 4. The maximum atomic E-state index is 16.3. The Kier molecular flexibility index (Phi) is 13.8. The van der Waals surface area contributed by atoms with Crippen LogP contribution in [0.5, 0.6) is 11.5 Å². The first-order chi connectivity index (χ1) is 32.8. The summed E-state index contributed by atoms with van der Waals surface area (Å²) in [6.07, 6.45) is 0.812. The fraction of sp³-hybridized carbons (Fsp3) is 0.227. The van der Waals surface area contributed by atoms with E-state index in [1.807, 2.05) is 0 Å². The van der Waals surface area contributed by atoms with Crippen molar-refractivity contribution in [3.8, 4) is 11.5 Å². The zero-order chi connectivity index (χ0) is 49.3. The molecule has 0 spiro atoms. The summed E-state index contributed by atoms with van der Waals surface area (Å²) in [7, 11) is -8.63. The number of piperidine rings is 2. The molecule has 2 fully saturated rings. The van der Waals surface area contributed by atoms with Crippen molar-refractivity contribution in [2.24, 2.45) is 0 Å². The number of benzene rings is 4. The average molecular weight is 1050 g/mol. The quantitative estimate of drug-likeness (QED) is 0.0815. The van der Waals surface area contributed by atoms with Crippen LogP contribution in [0.25, 0.3) is 0 Å². The maximum Gasteiger partial charge on any atom is 0.280 e. The molecule has 8 rings (SSSR count). The van der Waals surface area contributed by atoms with Crippen molar-refractivity contribution in [3.63, 3.8) is 0 Å². The van der Waals surface area contributed by atoms with Crippen molar-refractivity contribution in [3.05, 3.63) is 141 Å². The number of nitrogens with zero attached hydrogens (tertiary/aromatic N) is 2. The summed E-state index contributed by atoms with van der Waals surface area (Å²) < 4.78 is 130. The van der Waals surface area contributed by atoms with E-state index in [0.717, 1.165) is 73.1 Å². The zero-order valence-corrected chi connectivity index (χ0v) is 39.2. The molecule has 16 nitrogen and oxygen atoms in total. The smallest absolute Gasteiger partial charge is 0.280 e. The van der Waals surface area contributed by atoms with Crippen LogP contribution in [0.4, 0.5) is 27.8 Å².